The molecule has 0 radical (unpaired) electrons. The number of nitrogens with zero attached hydrogens (tertiary/aromatic N) is 3. The maximum atomic E-state index is 11.9. The number of anilines is 1. The molecule has 132 valence electrons. The molecule has 2 N–H and O–H groups in total. The molecule has 2 aromatic carbocycles. The SMILES string of the molecule is COC(=O)c1cccc(-c2nc(-c3cccnc3)nc3cccc(N)c23)c1. The summed E-state index contributed by atoms with van der Waals surface area (Å²) in [7, 11) is 1.35. The number of hydrogen-bond acceptors (Lipinski definition) is 6. The van der Waals surface area contributed by atoms with E-state index >= 15 is 0 Å². The second kappa shape index (κ2) is 6.84. The minimum Gasteiger partial charge on any atom is -0.465 e. The lowest BCUT2D eigenvalue weighted by Crippen LogP contribution is -2.02. The molecular formula is C21H16N4O2. The van der Waals surface area contributed by atoms with Crippen LogP contribution in [0.4, 0.5) is 5.69 Å². The number of esters is 1. The molecule has 6 nitrogen and oxygen atoms in total. The van der Waals surface area contributed by atoms with Crippen LogP contribution in [0.25, 0.3) is 33.5 Å². The molecule has 0 aliphatic carbocycles. The average Bonchev–Trinajstić information content (AvgIpc) is 2.73. The van der Waals surface area contributed by atoms with Gasteiger partial charge in [0.05, 0.1) is 23.9 Å². The number of fused-ring (bicyclic) bond motifs is 1. The number of benzene rings is 2. The molecule has 0 fully saturated rings. The molecule has 0 spiro atoms. The monoisotopic (exact) mass is 356 g/mol. The van der Waals surface area contributed by atoms with Crippen LogP contribution in [0.1, 0.15) is 10.4 Å². The number of carbonyl (C=O) groups excluding carboxylic acids is 1. The normalized spacial score (nSPS) is 10.7. The Kier molecular flexibility index (Phi) is 4.22. The summed E-state index contributed by atoms with van der Waals surface area (Å²) in [5, 5.41) is 0.743. The second-order valence-electron chi connectivity index (χ2n) is 5.95. The first-order valence-corrected chi connectivity index (χ1v) is 8.33. The highest BCUT2D eigenvalue weighted by Crippen LogP contribution is 2.32. The first-order valence-electron chi connectivity index (χ1n) is 8.33. The Hall–Kier alpha value is -3.80. The molecule has 0 atom stereocenters. The van der Waals surface area contributed by atoms with Gasteiger partial charge in [0, 0.05) is 34.6 Å². The Balaban J connectivity index is 2.00. The van der Waals surface area contributed by atoms with Gasteiger partial charge in [0.2, 0.25) is 0 Å². The summed E-state index contributed by atoms with van der Waals surface area (Å²) in [5.41, 5.74) is 10.2. The number of ether oxygens (including phenoxy) is 1. The van der Waals surface area contributed by atoms with Gasteiger partial charge < -0.3 is 10.5 Å². The fourth-order valence-electron chi connectivity index (χ4n) is 2.95. The van der Waals surface area contributed by atoms with Crippen LogP contribution in [0, 0.1) is 0 Å². The molecule has 0 bridgehead atoms. The largest absolute Gasteiger partial charge is 0.465 e. The van der Waals surface area contributed by atoms with Gasteiger partial charge in [0.1, 0.15) is 0 Å². The zero-order valence-corrected chi connectivity index (χ0v) is 14.6. The van der Waals surface area contributed by atoms with Gasteiger partial charge >= 0.3 is 5.97 Å². The van der Waals surface area contributed by atoms with Crippen LogP contribution in [0.5, 0.6) is 0 Å². The van der Waals surface area contributed by atoms with E-state index in [-0.39, 0.29) is 0 Å². The van der Waals surface area contributed by atoms with Gasteiger partial charge in [-0.1, -0.05) is 18.2 Å². The number of carbonyl (C=O) groups is 1. The molecule has 4 rings (SSSR count). The van der Waals surface area contributed by atoms with Gasteiger partial charge in [-0.2, -0.15) is 0 Å². The molecule has 0 amide bonds. The van der Waals surface area contributed by atoms with Crippen molar-refractivity contribution in [3.8, 4) is 22.6 Å². The first-order chi connectivity index (χ1) is 13.2. The number of aromatic nitrogens is 3. The highest BCUT2D eigenvalue weighted by atomic mass is 16.5. The van der Waals surface area contributed by atoms with Crippen molar-refractivity contribution in [3.63, 3.8) is 0 Å². The zero-order chi connectivity index (χ0) is 18.8. The van der Waals surface area contributed by atoms with E-state index in [1.54, 1.807) is 30.6 Å². The minimum absolute atomic E-state index is 0.407. The van der Waals surface area contributed by atoms with Crippen molar-refractivity contribution in [2.75, 3.05) is 12.8 Å². The topological polar surface area (TPSA) is 91.0 Å². The Morgan fingerprint density at radius 3 is 2.59 bits per heavy atom. The van der Waals surface area contributed by atoms with Crippen LogP contribution in [0.3, 0.4) is 0 Å². The smallest absolute Gasteiger partial charge is 0.337 e. The van der Waals surface area contributed by atoms with Crippen molar-refractivity contribution < 1.29 is 9.53 Å². The van der Waals surface area contributed by atoms with Gasteiger partial charge in [0.15, 0.2) is 5.82 Å². The van der Waals surface area contributed by atoms with E-state index in [4.69, 9.17) is 15.5 Å². The number of pyridine rings is 1. The van der Waals surface area contributed by atoms with Gasteiger partial charge in [-0.3, -0.25) is 4.98 Å². The number of rotatable bonds is 3. The Morgan fingerprint density at radius 1 is 1.00 bits per heavy atom. The second-order valence-corrected chi connectivity index (χ2v) is 5.95. The highest BCUT2D eigenvalue weighted by molar-refractivity contribution is 6.02. The van der Waals surface area contributed by atoms with E-state index in [1.807, 2.05) is 36.4 Å². The van der Waals surface area contributed by atoms with Crippen LogP contribution in [0.2, 0.25) is 0 Å². The highest BCUT2D eigenvalue weighted by Gasteiger charge is 2.15. The van der Waals surface area contributed by atoms with Crippen LogP contribution < -0.4 is 5.73 Å². The summed E-state index contributed by atoms with van der Waals surface area (Å²) in [4.78, 5) is 25.5. The quantitative estimate of drug-likeness (QED) is 0.444. The van der Waals surface area contributed by atoms with E-state index in [0.29, 0.717) is 22.8 Å². The zero-order valence-electron chi connectivity index (χ0n) is 14.6. The predicted molar refractivity (Wildman–Crippen MR) is 104 cm³/mol. The van der Waals surface area contributed by atoms with Crippen molar-refractivity contribution in [2.24, 2.45) is 0 Å². The van der Waals surface area contributed by atoms with E-state index in [2.05, 4.69) is 9.97 Å². The summed E-state index contributed by atoms with van der Waals surface area (Å²) in [6.45, 7) is 0. The third kappa shape index (κ3) is 3.08. The summed E-state index contributed by atoms with van der Waals surface area (Å²) < 4.78 is 4.83. The summed E-state index contributed by atoms with van der Waals surface area (Å²) in [5.74, 6) is 0.135. The van der Waals surface area contributed by atoms with E-state index in [9.17, 15) is 4.79 Å². The number of methoxy groups -OCH3 is 1. The van der Waals surface area contributed by atoms with E-state index in [1.165, 1.54) is 7.11 Å². The molecule has 0 saturated heterocycles. The van der Waals surface area contributed by atoms with Crippen LogP contribution >= 0.6 is 0 Å². The van der Waals surface area contributed by atoms with Crippen molar-refractivity contribution in [3.05, 3.63) is 72.6 Å². The predicted octanol–water partition coefficient (Wildman–Crippen LogP) is 3.73. The minimum atomic E-state index is -0.407. The first kappa shape index (κ1) is 16.7. The summed E-state index contributed by atoms with van der Waals surface area (Å²) in [6.07, 6.45) is 3.41. The Morgan fingerprint density at radius 2 is 1.81 bits per heavy atom. The Bertz CT molecular complexity index is 1140. The number of hydrogen-bond donors (Lipinski definition) is 1. The van der Waals surface area contributed by atoms with E-state index in [0.717, 1.165) is 22.0 Å². The molecule has 0 saturated carbocycles. The standard InChI is InChI=1S/C21H16N4O2/c1-27-21(26)14-6-2-5-13(11-14)19-18-16(22)8-3-9-17(18)24-20(25-19)15-7-4-10-23-12-15/h2-12H,22H2,1H3. The molecule has 27 heavy (non-hydrogen) atoms. The Labute approximate surface area is 155 Å². The van der Waals surface area contributed by atoms with Gasteiger partial charge in [-0.15, -0.1) is 0 Å². The van der Waals surface area contributed by atoms with Crippen molar-refractivity contribution >= 4 is 22.6 Å². The molecule has 0 aliphatic rings. The van der Waals surface area contributed by atoms with Crippen LogP contribution in [-0.2, 0) is 4.74 Å². The molecule has 0 aliphatic heterocycles. The fraction of sp³-hybridized carbons (Fsp3) is 0.0476. The molecule has 4 aromatic rings. The lowest BCUT2D eigenvalue weighted by Gasteiger charge is -2.11. The molecule has 2 aromatic heterocycles. The van der Waals surface area contributed by atoms with Crippen molar-refractivity contribution in [1.29, 1.82) is 0 Å². The van der Waals surface area contributed by atoms with Gasteiger partial charge in [0.25, 0.3) is 0 Å². The van der Waals surface area contributed by atoms with Crippen molar-refractivity contribution in [2.45, 2.75) is 0 Å². The van der Waals surface area contributed by atoms with Crippen LogP contribution in [0.15, 0.2) is 67.0 Å². The molecule has 0 unspecified atom stereocenters. The lowest BCUT2D eigenvalue weighted by atomic mass is 10.0. The van der Waals surface area contributed by atoms with Crippen molar-refractivity contribution in [1.82, 2.24) is 15.0 Å². The van der Waals surface area contributed by atoms with Gasteiger partial charge in [-0.05, 0) is 36.4 Å². The van der Waals surface area contributed by atoms with E-state index < -0.39 is 5.97 Å². The molecule has 6 heteroatoms. The average molecular weight is 356 g/mol. The lowest BCUT2D eigenvalue weighted by molar-refractivity contribution is 0.0601. The number of nitrogen functional groups attached to an aromatic ring is 1. The molecule has 2 heterocycles. The summed E-state index contributed by atoms with van der Waals surface area (Å²) >= 11 is 0. The van der Waals surface area contributed by atoms with Gasteiger partial charge in [-0.25, -0.2) is 14.8 Å². The number of nitrogens with two attached hydrogens (primary N) is 1. The summed E-state index contributed by atoms with van der Waals surface area (Å²) in [6, 6.07) is 16.4. The third-order valence-electron chi connectivity index (χ3n) is 4.23. The fourth-order valence-corrected chi connectivity index (χ4v) is 2.95. The van der Waals surface area contributed by atoms with Crippen LogP contribution in [-0.4, -0.2) is 28.0 Å². The molecular weight excluding hydrogens is 340 g/mol. The maximum absolute atomic E-state index is 11.9. The maximum Gasteiger partial charge on any atom is 0.337 e. The third-order valence-corrected chi connectivity index (χ3v) is 4.23.